The van der Waals surface area contributed by atoms with Gasteiger partial charge in [-0.25, -0.2) is 0 Å². The van der Waals surface area contributed by atoms with Crippen LogP contribution in [0.1, 0.15) is 44.5 Å². The van der Waals surface area contributed by atoms with E-state index in [-0.39, 0.29) is 65.2 Å². The molecule has 5 N–H and O–H groups in total. The summed E-state index contributed by atoms with van der Waals surface area (Å²) in [5.41, 5.74) is 2.41. The van der Waals surface area contributed by atoms with E-state index < -0.39 is 40.6 Å². The number of fused-ring (bicyclic) bond motifs is 8. The van der Waals surface area contributed by atoms with Gasteiger partial charge in [0.05, 0.1) is 9.79 Å². The van der Waals surface area contributed by atoms with Gasteiger partial charge in [-0.3, -0.25) is 14.1 Å². The Morgan fingerprint density at radius 2 is 0.884 bits per heavy atom. The van der Waals surface area contributed by atoms with Gasteiger partial charge in [-0.1, -0.05) is 24.3 Å². The van der Waals surface area contributed by atoms with Crippen LogP contribution in [0.4, 0.5) is 0 Å². The van der Waals surface area contributed by atoms with Gasteiger partial charge in [0.25, 0.3) is 20.2 Å². The van der Waals surface area contributed by atoms with Crippen molar-refractivity contribution in [3.8, 4) is 17.2 Å². The van der Waals surface area contributed by atoms with Gasteiger partial charge in [0.15, 0.2) is 0 Å². The third-order valence-corrected chi connectivity index (χ3v) is 8.35. The van der Waals surface area contributed by atoms with E-state index in [4.69, 9.17) is 12.6 Å². The Morgan fingerprint density at radius 3 is 1.23 bits per heavy atom. The maximum atomic E-state index is 12.0. The second-order valence-electron chi connectivity index (χ2n) is 9.67. The van der Waals surface area contributed by atoms with Crippen LogP contribution in [0, 0.1) is 0 Å². The first-order chi connectivity index (χ1) is 20.0. The molecule has 0 fully saturated rings. The fraction of sp³-hybridized carbons (Fsp3) is 0.148. The van der Waals surface area contributed by atoms with E-state index in [2.05, 4.69) is 4.98 Å². The second-order valence-corrected chi connectivity index (χ2v) is 12.9. The Hall–Kier alpha value is -4.35. The van der Waals surface area contributed by atoms with Crippen molar-refractivity contribution in [2.45, 2.75) is 35.5 Å². The summed E-state index contributed by atoms with van der Waals surface area (Å²) in [5.74, 6) is -0.619. The number of phenols is 3. The molecule has 0 aliphatic heterocycles. The zero-order chi connectivity index (χ0) is 31.7. The molecule has 1 aliphatic carbocycles. The first-order valence-electron chi connectivity index (χ1n) is 12.2. The van der Waals surface area contributed by atoms with Gasteiger partial charge in [-0.2, -0.15) is 16.8 Å². The number of aromatic nitrogens is 1. The SMILES string of the molecule is O=S(=O)(O)c1cc2c(O)c(c1)Cc1cccc(c1O)Cc1cc(S(=O)(=O)O)cc(c1O)Cc1cncc(c1)C2.O=S(=O)=O. The van der Waals surface area contributed by atoms with Gasteiger partial charge in [0.2, 0.25) is 0 Å². The van der Waals surface area contributed by atoms with Crippen LogP contribution in [0.3, 0.4) is 0 Å². The molecule has 0 atom stereocenters. The molecule has 0 spiro atoms. The number of phenolic OH excluding ortho intramolecular Hbond substituents is 3. The van der Waals surface area contributed by atoms with Gasteiger partial charge in [-0.15, -0.1) is 12.6 Å². The molecule has 4 aromatic rings. The Morgan fingerprint density at radius 1 is 0.558 bits per heavy atom. The quantitative estimate of drug-likeness (QED) is 0.173. The predicted octanol–water partition coefficient (Wildman–Crippen LogP) is 2.36. The zero-order valence-electron chi connectivity index (χ0n) is 21.9. The molecule has 16 heteroatoms. The van der Waals surface area contributed by atoms with Crippen LogP contribution in [-0.2, 0) is 56.5 Å². The van der Waals surface area contributed by atoms with Crippen molar-refractivity contribution in [3.63, 3.8) is 0 Å². The van der Waals surface area contributed by atoms with E-state index in [0.717, 1.165) is 24.3 Å². The average Bonchev–Trinajstić information content (AvgIpc) is 2.89. The van der Waals surface area contributed by atoms with Crippen molar-refractivity contribution >= 4 is 30.8 Å². The second kappa shape index (κ2) is 12.1. The van der Waals surface area contributed by atoms with Crippen molar-refractivity contribution in [1.82, 2.24) is 4.98 Å². The Labute approximate surface area is 247 Å². The van der Waals surface area contributed by atoms with Crippen molar-refractivity contribution in [2.75, 3.05) is 0 Å². The van der Waals surface area contributed by atoms with Crippen LogP contribution in [0.5, 0.6) is 17.2 Å². The number of aromatic hydroxyl groups is 3. The molecule has 0 saturated heterocycles. The van der Waals surface area contributed by atoms with Gasteiger partial charge in [0, 0.05) is 49.2 Å². The molecule has 5 rings (SSSR count). The Balaban J connectivity index is 0.000000996. The fourth-order valence-corrected chi connectivity index (χ4v) is 5.97. The highest BCUT2D eigenvalue weighted by atomic mass is 32.2. The van der Waals surface area contributed by atoms with Crippen LogP contribution in [0.25, 0.3) is 0 Å². The topological polar surface area (TPSA) is 234 Å². The van der Waals surface area contributed by atoms with Crippen molar-refractivity contribution in [1.29, 1.82) is 0 Å². The fourth-order valence-electron chi connectivity index (χ4n) is 4.81. The number of benzene rings is 3. The minimum Gasteiger partial charge on any atom is -0.507 e. The van der Waals surface area contributed by atoms with Crippen LogP contribution in [0.2, 0.25) is 0 Å². The molecule has 1 aliphatic rings. The molecule has 0 radical (unpaired) electrons. The molecule has 0 unspecified atom stereocenters. The number of pyridine rings is 1. The normalized spacial score (nSPS) is 13.0. The van der Waals surface area contributed by atoms with Crippen LogP contribution in [0.15, 0.2) is 70.7 Å². The molecule has 226 valence electrons. The van der Waals surface area contributed by atoms with Gasteiger partial charge in [-0.05, 0) is 57.6 Å². The summed E-state index contributed by atoms with van der Waals surface area (Å²) in [7, 11) is -12.4. The molecule has 8 bridgehead atoms. The summed E-state index contributed by atoms with van der Waals surface area (Å²) in [5, 5.41) is 33.2. The number of hydrogen-bond donors (Lipinski definition) is 5. The molecule has 3 aromatic carbocycles. The molecule has 0 amide bonds. The highest BCUT2D eigenvalue weighted by molar-refractivity contribution is 7.86. The first-order valence-corrected chi connectivity index (χ1v) is 16.0. The third-order valence-electron chi connectivity index (χ3n) is 6.68. The number of rotatable bonds is 2. The predicted molar refractivity (Wildman–Crippen MR) is 149 cm³/mol. The number of para-hydroxylation sites is 1. The van der Waals surface area contributed by atoms with Crippen molar-refractivity contribution in [2.24, 2.45) is 0 Å². The van der Waals surface area contributed by atoms with Crippen molar-refractivity contribution < 1.29 is 53.9 Å². The third kappa shape index (κ3) is 7.54. The molecule has 43 heavy (non-hydrogen) atoms. The average molecular weight is 650 g/mol. The largest absolute Gasteiger partial charge is 0.507 e. The van der Waals surface area contributed by atoms with Gasteiger partial charge >= 0.3 is 10.6 Å². The molecular weight excluding hydrogens is 626 g/mol. The highest BCUT2D eigenvalue weighted by Gasteiger charge is 2.22. The maximum absolute atomic E-state index is 12.0. The van der Waals surface area contributed by atoms with Gasteiger partial charge in [0.1, 0.15) is 17.2 Å². The highest BCUT2D eigenvalue weighted by Crippen LogP contribution is 2.37. The lowest BCUT2D eigenvalue weighted by atomic mass is 9.92. The van der Waals surface area contributed by atoms with Crippen LogP contribution < -0.4 is 0 Å². The van der Waals surface area contributed by atoms with E-state index in [9.17, 15) is 41.3 Å². The van der Waals surface area contributed by atoms with Crippen LogP contribution in [-0.4, -0.2) is 58.9 Å². The summed E-state index contributed by atoms with van der Waals surface area (Å²) in [4.78, 5) is 3.36. The van der Waals surface area contributed by atoms with E-state index in [1.54, 1.807) is 24.3 Å². The van der Waals surface area contributed by atoms with E-state index >= 15 is 0 Å². The Bertz CT molecular complexity index is 1940. The summed E-state index contributed by atoms with van der Waals surface area (Å²) in [6.07, 6.45) is 2.84. The Kier molecular flexibility index (Phi) is 8.89. The maximum Gasteiger partial charge on any atom is 0.425 e. The molecular formula is C27H23NO12S3. The molecule has 1 heterocycles. The first kappa shape index (κ1) is 31.6. The summed E-state index contributed by atoms with van der Waals surface area (Å²) in [6, 6.07) is 11.0. The lowest BCUT2D eigenvalue weighted by Gasteiger charge is -2.17. The van der Waals surface area contributed by atoms with Crippen LogP contribution >= 0.6 is 0 Å². The molecule has 1 aromatic heterocycles. The summed E-state index contributed by atoms with van der Waals surface area (Å²) < 4.78 is 92.9. The lowest BCUT2D eigenvalue weighted by molar-refractivity contribution is 0.453. The number of hydrogen-bond acceptors (Lipinski definition) is 11. The smallest absolute Gasteiger partial charge is 0.425 e. The standard InChI is InChI=1S/C27H23NO9S2.O3S/c29-25-17-2-1-3-18(25)8-22-12-24(39(35,36)37)10-20(27(22)31)6-16-4-15(13-28-14-16)5-19-9-23(38(32,33)34)11-21(7-17)26(19)30;1-4(2)3/h1-4,9-14,29-31H,5-8H2,(H,32,33,34)(H,35,36,37);. The van der Waals surface area contributed by atoms with E-state index in [0.29, 0.717) is 22.3 Å². The monoisotopic (exact) mass is 649 g/mol. The molecule has 13 nitrogen and oxygen atoms in total. The number of nitrogens with zero attached hydrogens (tertiary/aromatic N) is 1. The summed E-state index contributed by atoms with van der Waals surface area (Å²) in [6.45, 7) is 0. The minimum absolute atomic E-state index is 0.0251. The van der Waals surface area contributed by atoms with E-state index in [1.807, 2.05) is 0 Å². The lowest BCUT2D eigenvalue weighted by Crippen LogP contribution is -2.05. The zero-order valence-corrected chi connectivity index (χ0v) is 24.3. The van der Waals surface area contributed by atoms with Gasteiger partial charge < -0.3 is 15.3 Å². The van der Waals surface area contributed by atoms with E-state index in [1.165, 1.54) is 12.4 Å². The van der Waals surface area contributed by atoms with Crippen molar-refractivity contribution in [3.05, 3.63) is 105 Å². The summed E-state index contributed by atoms with van der Waals surface area (Å²) >= 11 is 0. The molecule has 0 saturated carbocycles. The minimum atomic E-state index is -4.62.